The number of amides is 1. The second kappa shape index (κ2) is 8.79. The van der Waals surface area contributed by atoms with Crippen molar-refractivity contribution in [3.8, 4) is 16.2 Å². The first-order valence-corrected chi connectivity index (χ1v) is 11.1. The van der Waals surface area contributed by atoms with Crippen molar-refractivity contribution in [1.82, 2.24) is 20.5 Å². The summed E-state index contributed by atoms with van der Waals surface area (Å²) >= 11 is 1.58. The zero-order chi connectivity index (χ0) is 21.0. The first-order valence-electron chi connectivity index (χ1n) is 10.2. The number of rotatable bonds is 5. The fourth-order valence-corrected chi connectivity index (χ4v) is 4.22. The second-order valence-electron chi connectivity index (χ2n) is 7.41. The number of carbonyl (C=O) groups excluding carboxylic acids is 1. The monoisotopic (exact) mass is 431 g/mol. The summed E-state index contributed by atoms with van der Waals surface area (Å²) in [6.45, 7) is 1.95. The number of nitrogens with zero attached hydrogens (tertiary/aromatic N) is 3. The topological polar surface area (TPSA) is 89.0 Å². The van der Waals surface area contributed by atoms with Crippen molar-refractivity contribution >= 4 is 34.0 Å². The van der Waals surface area contributed by atoms with Crippen LogP contribution in [0.25, 0.3) is 21.3 Å². The van der Waals surface area contributed by atoms with Crippen LogP contribution < -0.4 is 15.4 Å². The number of carbonyl (C=O) groups is 1. The molecule has 5 rings (SSSR count). The van der Waals surface area contributed by atoms with E-state index in [1.165, 1.54) is 0 Å². The zero-order valence-corrected chi connectivity index (χ0v) is 17.6. The van der Waals surface area contributed by atoms with Gasteiger partial charge < -0.3 is 15.4 Å². The van der Waals surface area contributed by atoms with Crippen LogP contribution in [0.3, 0.4) is 0 Å². The van der Waals surface area contributed by atoms with Crippen LogP contribution >= 0.6 is 11.3 Å². The molecule has 1 aliphatic heterocycles. The lowest BCUT2D eigenvalue weighted by Crippen LogP contribution is -2.34. The Balaban J connectivity index is 1.29. The number of anilines is 1. The SMILES string of the molecule is O=C(Nc1cc2cc(-c3cncs3)ccc2nn1)c1ccc(OC2CCNCC2)cc1. The predicted octanol–water partition coefficient (Wildman–Crippen LogP) is 4.14. The Morgan fingerprint density at radius 1 is 1.06 bits per heavy atom. The summed E-state index contributed by atoms with van der Waals surface area (Å²) in [4.78, 5) is 17.9. The van der Waals surface area contributed by atoms with Gasteiger partial charge in [-0.3, -0.25) is 9.78 Å². The number of piperidine rings is 1. The van der Waals surface area contributed by atoms with Crippen molar-refractivity contribution < 1.29 is 9.53 Å². The molecule has 0 saturated carbocycles. The molecule has 0 atom stereocenters. The third-order valence-electron chi connectivity index (χ3n) is 5.25. The molecule has 8 heteroatoms. The molecule has 1 fully saturated rings. The molecule has 1 saturated heterocycles. The third kappa shape index (κ3) is 4.55. The Bertz CT molecular complexity index is 1190. The Morgan fingerprint density at radius 2 is 1.90 bits per heavy atom. The van der Waals surface area contributed by atoms with Gasteiger partial charge in [-0.1, -0.05) is 6.07 Å². The van der Waals surface area contributed by atoms with Crippen LogP contribution in [-0.4, -0.2) is 40.3 Å². The Labute approximate surface area is 183 Å². The summed E-state index contributed by atoms with van der Waals surface area (Å²) in [6, 6.07) is 15.0. The molecule has 0 bridgehead atoms. The number of hydrogen-bond acceptors (Lipinski definition) is 7. The molecular weight excluding hydrogens is 410 g/mol. The number of aromatic nitrogens is 3. The molecule has 7 nitrogen and oxygen atoms in total. The molecule has 31 heavy (non-hydrogen) atoms. The van der Waals surface area contributed by atoms with Crippen molar-refractivity contribution in [3.63, 3.8) is 0 Å². The molecule has 1 aliphatic rings. The van der Waals surface area contributed by atoms with Crippen molar-refractivity contribution in [1.29, 1.82) is 0 Å². The Morgan fingerprint density at radius 3 is 2.68 bits per heavy atom. The summed E-state index contributed by atoms with van der Waals surface area (Å²) in [7, 11) is 0. The van der Waals surface area contributed by atoms with Gasteiger partial charge in [0, 0.05) is 17.1 Å². The molecular formula is C23H21N5O2S. The molecule has 2 aromatic carbocycles. The predicted molar refractivity (Wildman–Crippen MR) is 122 cm³/mol. The lowest BCUT2D eigenvalue weighted by molar-refractivity contribution is 0.102. The van der Waals surface area contributed by atoms with Crippen molar-refractivity contribution in [3.05, 3.63) is 65.8 Å². The molecule has 0 spiro atoms. The van der Waals surface area contributed by atoms with E-state index >= 15 is 0 Å². The van der Waals surface area contributed by atoms with Gasteiger partial charge in [-0.15, -0.1) is 21.5 Å². The van der Waals surface area contributed by atoms with Gasteiger partial charge in [0.15, 0.2) is 5.82 Å². The number of hydrogen-bond donors (Lipinski definition) is 2. The molecule has 0 radical (unpaired) electrons. The number of ether oxygens (including phenoxy) is 1. The summed E-state index contributed by atoms with van der Waals surface area (Å²) in [6.07, 6.45) is 4.05. The Kier molecular flexibility index (Phi) is 5.56. The summed E-state index contributed by atoms with van der Waals surface area (Å²) in [5, 5.41) is 15.4. The number of benzene rings is 2. The van der Waals surface area contributed by atoms with Gasteiger partial charge in [-0.25, -0.2) is 0 Å². The number of thiazole rings is 1. The second-order valence-corrected chi connectivity index (χ2v) is 8.30. The molecule has 156 valence electrons. The highest BCUT2D eigenvalue weighted by Crippen LogP contribution is 2.27. The first-order chi connectivity index (χ1) is 15.2. The van der Waals surface area contributed by atoms with Crippen molar-refractivity contribution in [2.75, 3.05) is 18.4 Å². The maximum absolute atomic E-state index is 12.7. The van der Waals surface area contributed by atoms with E-state index in [2.05, 4.69) is 25.8 Å². The van der Waals surface area contributed by atoms with E-state index in [1.807, 2.05) is 42.6 Å². The average molecular weight is 432 g/mol. The summed E-state index contributed by atoms with van der Waals surface area (Å²) in [5.74, 6) is 0.958. The highest BCUT2D eigenvalue weighted by molar-refractivity contribution is 7.13. The average Bonchev–Trinajstić information content (AvgIpc) is 3.35. The fraction of sp³-hybridized carbons (Fsp3) is 0.217. The summed E-state index contributed by atoms with van der Waals surface area (Å²) in [5.41, 5.74) is 4.17. The zero-order valence-electron chi connectivity index (χ0n) is 16.7. The van der Waals surface area contributed by atoms with Gasteiger partial charge >= 0.3 is 0 Å². The highest BCUT2D eigenvalue weighted by atomic mass is 32.1. The molecule has 0 aliphatic carbocycles. The largest absolute Gasteiger partial charge is 0.490 e. The van der Waals surface area contributed by atoms with Gasteiger partial charge in [-0.2, -0.15) is 0 Å². The van der Waals surface area contributed by atoms with E-state index in [1.54, 1.807) is 29.0 Å². The van der Waals surface area contributed by atoms with E-state index in [0.29, 0.717) is 11.4 Å². The minimum absolute atomic E-state index is 0.226. The van der Waals surface area contributed by atoms with Crippen LogP contribution in [0, 0.1) is 0 Å². The minimum atomic E-state index is -0.235. The summed E-state index contributed by atoms with van der Waals surface area (Å²) < 4.78 is 6.00. The van der Waals surface area contributed by atoms with Crippen LogP contribution in [0.4, 0.5) is 5.82 Å². The minimum Gasteiger partial charge on any atom is -0.490 e. The van der Waals surface area contributed by atoms with Gasteiger partial charge in [0.2, 0.25) is 0 Å². The van der Waals surface area contributed by atoms with Crippen LogP contribution in [-0.2, 0) is 0 Å². The van der Waals surface area contributed by atoms with E-state index in [4.69, 9.17) is 4.74 Å². The third-order valence-corrected chi connectivity index (χ3v) is 6.07. The molecule has 2 N–H and O–H groups in total. The van der Waals surface area contributed by atoms with E-state index < -0.39 is 0 Å². The van der Waals surface area contributed by atoms with Gasteiger partial charge in [0.25, 0.3) is 5.91 Å². The lowest BCUT2D eigenvalue weighted by Gasteiger charge is -2.23. The molecule has 3 heterocycles. The van der Waals surface area contributed by atoms with Crippen LogP contribution in [0.2, 0.25) is 0 Å². The maximum Gasteiger partial charge on any atom is 0.256 e. The van der Waals surface area contributed by atoms with Crippen LogP contribution in [0.15, 0.2) is 60.2 Å². The van der Waals surface area contributed by atoms with Crippen molar-refractivity contribution in [2.45, 2.75) is 18.9 Å². The Hall–Kier alpha value is -3.36. The molecule has 2 aromatic heterocycles. The van der Waals surface area contributed by atoms with Crippen LogP contribution in [0.5, 0.6) is 5.75 Å². The maximum atomic E-state index is 12.7. The fourth-order valence-electron chi connectivity index (χ4n) is 3.60. The van der Waals surface area contributed by atoms with Gasteiger partial charge in [0.05, 0.1) is 15.9 Å². The van der Waals surface area contributed by atoms with E-state index in [0.717, 1.165) is 53.0 Å². The standard InChI is InChI=1S/C23H21N5O2S/c29-23(15-1-4-18(5-2-15)30-19-7-9-24-10-8-19)26-22-12-17-11-16(21-13-25-14-31-21)3-6-20(17)27-28-22/h1-6,11-14,19,24H,7-10H2,(H,26,28,29). The quantitative estimate of drug-likeness (QED) is 0.494. The van der Waals surface area contributed by atoms with Crippen molar-refractivity contribution in [2.24, 2.45) is 0 Å². The van der Waals surface area contributed by atoms with Crippen LogP contribution in [0.1, 0.15) is 23.2 Å². The number of fused-ring (bicyclic) bond motifs is 1. The van der Waals surface area contributed by atoms with E-state index in [-0.39, 0.29) is 12.0 Å². The smallest absolute Gasteiger partial charge is 0.256 e. The van der Waals surface area contributed by atoms with Gasteiger partial charge in [0.1, 0.15) is 11.9 Å². The first kappa shape index (κ1) is 19.6. The normalized spacial score (nSPS) is 14.5. The van der Waals surface area contributed by atoms with Gasteiger partial charge in [-0.05, 0) is 74.0 Å². The molecule has 4 aromatic rings. The number of nitrogens with one attached hydrogen (secondary N) is 2. The highest BCUT2D eigenvalue weighted by Gasteiger charge is 2.15. The molecule has 1 amide bonds. The lowest BCUT2D eigenvalue weighted by atomic mass is 10.1. The molecule has 0 unspecified atom stereocenters. The van der Waals surface area contributed by atoms with E-state index in [9.17, 15) is 4.79 Å².